The summed E-state index contributed by atoms with van der Waals surface area (Å²) in [5, 5.41) is 7.43. The fourth-order valence-electron chi connectivity index (χ4n) is 2.84. The Morgan fingerprint density at radius 2 is 1.61 bits per heavy atom. The Morgan fingerprint density at radius 3 is 2.17 bits per heavy atom. The molecule has 2 aromatic carbocycles. The molecule has 3 nitrogen and oxygen atoms in total. The van der Waals surface area contributed by atoms with Crippen molar-refractivity contribution in [2.24, 2.45) is 5.73 Å². The van der Waals surface area contributed by atoms with Crippen molar-refractivity contribution in [1.82, 2.24) is 0 Å². The van der Waals surface area contributed by atoms with Gasteiger partial charge in [0.05, 0.1) is 0 Å². The van der Waals surface area contributed by atoms with E-state index in [2.05, 4.69) is 11.0 Å². The van der Waals surface area contributed by atoms with Crippen LogP contribution in [0.3, 0.4) is 0 Å². The maximum absolute atomic E-state index is 12.9. The van der Waals surface area contributed by atoms with Gasteiger partial charge >= 0.3 is 0 Å². The van der Waals surface area contributed by atoms with Crippen LogP contribution in [-0.4, -0.2) is 18.9 Å². The summed E-state index contributed by atoms with van der Waals surface area (Å²) in [7, 11) is 0. The Bertz CT molecular complexity index is 707. The zero-order chi connectivity index (χ0) is 16.2. The number of anilines is 1. The lowest BCUT2D eigenvalue weighted by Crippen LogP contribution is -2.30. The Balaban J connectivity index is 1.63. The van der Waals surface area contributed by atoms with Gasteiger partial charge in [-0.2, -0.15) is 0 Å². The van der Waals surface area contributed by atoms with Crippen molar-refractivity contribution >= 4 is 17.6 Å². The fraction of sp³-hybridized carbons (Fsp3) is 0.211. The molecule has 3 N–H and O–H groups in total. The van der Waals surface area contributed by atoms with Crippen molar-refractivity contribution < 1.29 is 4.39 Å². The monoisotopic (exact) mass is 309 g/mol. The minimum absolute atomic E-state index is 0.0970. The van der Waals surface area contributed by atoms with Crippen LogP contribution < -0.4 is 10.6 Å². The molecule has 1 saturated heterocycles. The highest BCUT2D eigenvalue weighted by Gasteiger charge is 2.14. The zero-order valence-corrected chi connectivity index (χ0v) is 12.9. The van der Waals surface area contributed by atoms with Gasteiger partial charge in [-0.3, -0.25) is 5.41 Å². The number of nitrogens with two attached hydrogens (primary N) is 1. The largest absolute Gasteiger partial charge is 0.384 e. The highest BCUT2D eigenvalue weighted by Crippen LogP contribution is 2.24. The van der Waals surface area contributed by atoms with E-state index in [1.807, 2.05) is 36.4 Å². The molecule has 3 rings (SSSR count). The molecular formula is C19H20FN3. The van der Waals surface area contributed by atoms with Crippen molar-refractivity contribution in [3.8, 4) is 0 Å². The molecule has 118 valence electrons. The van der Waals surface area contributed by atoms with E-state index < -0.39 is 0 Å². The standard InChI is InChI=1S/C19H20FN3/c20-17-5-1-14(2-6-17)13-15-9-11-23(12-10-15)18-7-3-16(4-8-18)19(21)22/h1-8,13H,9-12H2,(H3,21,22). The van der Waals surface area contributed by atoms with Crippen molar-refractivity contribution in [3.05, 3.63) is 71.0 Å². The van der Waals surface area contributed by atoms with Crippen LogP contribution in [0.5, 0.6) is 0 Å². The van der Waals surface area contributed by atoms with Gasteiger partial charge < -0.3 is 10.6 Å². The highest BCUT2D eigenvalue weighted by atomic mass is 19.1. The summed E-state index contributed by atoms with van der Waals surface area (Å²) in [6.45, 7) is 1.93. The molecule has 23 heavy (non-hydrogen) atoms. The Labute approximate surface area is 135 Å². The normalized spacial score (nSPS) is 14.7. The van der Waals surface area contributed by atoms with Crippen molar-refractivity contribution in [2.45, 2.75) is 12.8 Å². The summed E-state index contributed by atoms with van der Waals surface area (Å²) >= 11 is 0. The Hall–Kier alpha value is -2.62. The second kappa shape index (κ2) is 6.65. The molecule has 0 unspecified atom stereocenters. The molecule has 0 bridgehead atoms. The van der Waals surface area contributed by atoms with Crippen LogP contribution in [0.1, 0.15) is 24.0 Å². The predicted octanol–water partition coefficient (Wildman–Crippen LogP) is 3.79. The van der Waals surface area contributed by atoms with Gasteiger partial charge in [-0.15, -0.1) is 0 Å². The molecule has 1 heterocycles. The van der Waals surface area contributed by atoms with Crippen LogP contribution in [0, 0.1) is 11.2 Å². The van der Waals surface area contributed by atoms with Gasteiger partial charge in [0, 0.05) is 24.3 Å². The Kier molecular flexibility index (Phi) is 4.42. The molecule has 0 atom stereocenters. The summed E-state index contributed by atoms with van der Waals surface area (Å²) in [4.78, 5) is 2.34. The number of nitrogens with one attached hydrogen (secondary N) is 1. The van der Waals surface area contributed by atoms with E-state index in [9.17, 15) is 4.39 Å². The molecule has 0 saturated carbocycles. The molecule has 0 aromatic heterocycles. The van der Waals surface area contributed by atoms with Crippen LogP contribution in [0.4, 0.5) is 10.1 Å². The van der Waals surface area contributed by atoms with E-state index in [0.717, 1.165) is 42.7 Å². The molecule has 0 spiro atoms. The van der Waals surface area contributed by atoms with Gasteiger partial charge in [0.15, 0.2) is 0 Å². The number of rotatable bonds is 3. The van der Waals surface area contributed by atoms with Gasteiger partial charge in [0.2, 0.25) is 0 Å². The smallest absolute Gasteiger partial charge is 0.123 e. The van der Waals surface area contributed by atoms with Crippen LogP contribution in [0.25, 0.3) is 6.08 Å². The molecule has 2 aromatic rings. The molecule has 4 heteroatoms. The minimum Gasteiger partial charge on any atom is -0.384 e. The second-order valence-electron chi connectivity index (χ2n) is 5.80. The average Bonchev–Trinajstić information content (AvgIpc) is 2.58. The summed E-state index contributed by atoms with van der Waals surface area (Å²) in [5.41, 5.74) is 9.85. The molecule has 1 fully saturated rings. The van der Waals surface area contributed by atoms with E-state index in [0.29, 0.717) is 0 Å². The molecule has 0 aliphatic carbocycles. The first kappa shape index (κ1) is 15.3. The van der Waals surface area contributed by atoms with Gasteiger partial charge in [0.1, 0.15) is 11.7 Å². The van der Waals surface area contributed by atoms with Gasteiger partial charge in [-0.25, -0.2) is 4.39 Å². The number of nitrogen functional groups attached to an aromatic ring is 1. The van der Waals surface area contributed by atoms with E-state index >= 15 is 0 Å². The number of nitrogens with zero attached hydrogens (tertiary/aromatic N) is 1. The van der Waals surface area contributed by atoms with Gasteiger partial charge in [-0.1, -0.05) is 23.8 Å². The highest BCUT2D eigenvalue weighted by molar-refractivity contribution is 5.95. The first-order chi connectivity index (χ1) is 11.1. The third kappa shape index (κ3) is 3.77. The fourth-order valence-corrected chi connectivity index (χ4v) is 2.84. The van der Waals surface area contributed by atoms with Crippen LogP contribution in [0.15, 0.2) is 54.1 Å². The van der Waals surface area contributed by atoms with Crippen molar-refractivity contribution in [2.75, 3.05) is 18.0 Å². The maximum Gasteiger partial charge on any atom is 0.123 e. The summed E-state index contributed by atoms with van der Waals surface area (Å²) in [6, 6.07) is 14.4. The van der Waals surface area contributed by atoms with E-state index in [-0.39, 0.29) is 11.7 Å². The van der Waals surface area contributed by atoms with E-state index in [1.54, 1.807) is 0 Å². The number of benzene rings is 2. The third-order valence-corrected chi connectivity index (χ3v) is 4.19. The van der Waals surface area contributed by atoms with Crippen LogP contribution in [-0.2, 0) is 0 Å². The average molecular weight is 309 g/mol. The topological polar surface area (TPSA) is 53.1 Å². The molecular weight excluding hydrogens is 289 g/mol. The quantitative estimate of drug-likeness (QED) is 0.669. The maximum atomic E-state index is 12.9. The predicted molar refractivity (Wildman–Crippen MR) is 93.3 cm³/mol. The number of hydrogen-bond donors (Lipinski definition) is 2. The third-order valence-electron chi connectivity index (χ3n) is 4.19. The lowest BCUT2D eigenvalue weighted by Gasteiger charge is -2.30. The number of piperidine rings is 1. The molecule has 1 aliphatic rings. The summed E-state index contributed by atoms with van der Waals surface area (Å²) in [6.07, 6.45) is 4.17. The van der Waals surface area contributed by atoms with Crippen molar-refractivity contribution in [1.29, 1.82) is 5.41 Å². The van der Waals surface area contributed by atoms with Crippen LogP contribution >= 0.6 is 0 Å². The molecule has 1 aliphatic heterocycles. The van der Waals surface area contributed by atoms with E-state index in [1.165, 1.54) is 17.7 Å². The number of halogens is 1. The zero-order valence-electron chi connectivity index (χ0n) is 12.9. The first-order valence-electron chi connectivity index (χ1n) is 7.76. The minimum atomic E-state index is -0.198. The van der Waals surface area contributed by atoms with Crippen molar-refractivity contribution in [3.63, 3.8) is 0 Å². The molecule has 0 amide bonds. The molecule has 0 radical (unpaired) electrons. The lowest BCUT2D eigenvalue weighted by molar-refractivity contribution is 0.627. The van der Waals surface area contributed by atoms with Gasteiger partial charge in [0.25, 0.3) is 0 Å². The van der Waals surface area contributed by atoms with Gasteiger partial charge in [-0.05, 0) is 54.8 Å². The Morgan fingerprint density at radius 1 is 1.00 bits per heavy atom. The van der Waals surface area contributed by atoms with E-state index in [4.69, 9.17) is 11.1 Å². The number of amidine groups is 1. The number of hydrogen-bond acceptors (Lipinski definition) is 2. The SMILES string of the molecule is N=C(N)c1ccc(N2CCC(=Cc3ccc(F)cc3)CC2)cc1. The first-order valence-corrected chi connectivity index (χ1v) is 7.76. The summed E-state index contributed by atoms with van der Waals surface area (Å²) < 4.78 is 12.9. The summed E-state index contributed by atoms with van der Waals surface area (Å²) in [5.74, 6) is -0.101. The second-order valence-corrected chi connectivity index (χ2v) is 5.80. The van der Waals surface area contributed by atoms with Crippen LogP contribution in [0.2, 0.25) is 0 Å². The lowest BCUT2D eigenvalue weighted by atomic mass is 10.00.